The number of hydrogen-bond donors (Lipinski definition) is 2. The number of carbonyl (C=O) groups is 2. The molecule has 1 aliphatic rings. The first-order valence-corrected chi connectivity index (χ1v) is 9.34. The van der Waals surface area contributed by atoms with Gasteiger partial charge in [0.1, 0.15) is 6.67 Å². The number of carbonyl (C=O) groups excluding carboxylic acids is 2. The number of nitrogens with one attached hydrogen (secondary N) is 2. The van der Waals surface area contributed by atoms with Crippen molar-refractivity contribution < 1.29 is 14.3 Å². The second-order valence-corrected chi connectivity index (χ2v) is 7.37. The van der Waals surface area contributed by atoms with Crippen LogP contribution in [0.1, 0.15) is 32.3 Å². The molecule has 1 aromatic heterocycles. The van der Waals surface area contributed by atoms with Crippen LogP contribution in [0.4, 0.5) is 5.69 Å². The Hall–Kier alpha value is -2.91. The van der Waals surface area contributed by atoms with Gasteiger partial charge in [0.25, 0.3) is 11.5 Å². The van der Waals surface area contributed by atoms with E-state index in [1.165, 1.54) is 30.1 Å². The first kappa shape index (κ1) is 20.8. The Balaban J connectivity index is 1.93. The number of ether oxygens (including phenoxy) is 1. The SMILES string of the molecule is CC(=O)C1=NN(c2cc(Cl)c(Oc3cc(C(C)C)c(=O)[nH]n3)c(Cl)c2)CNC1=O. The number of aromatic amines is 1. The molecule has 2 aromatic rings. The second-order valence-electron chi connectivity index (χ2n) is 6.55. The maximum Gasteiger partial charge on any atom is 0.276 e. The van der Waals surface area contributed by atoms with Crippen molar-refractivity contribution in [2.45, 2.75) is 26.7 Å². The molecule has 0 aliphatic carbocycles. The summed E-state index contributed by atoms with van der Waals surface area (Å²) in [5.74, 6) is -0.763. The van der Waals surface area contributed by atoms with Crippen LogP contribution in [0.3, 0.4) is 0 Å². The van der Waals surface area contributed by atoms with Crippen LogP contribution in [0.2, 0.25) is 10.0 Å². The van der Waals surface area contributed by atoms with E-state index in [1.807, 2.05) is 13.8 Å². The molecule has 9 nitrogen and oxygen atoms in total. The minimum Gasteiger partial charge on any atom is -0.434 e. The molecule has 0 saturated heterocycles. The zero-order valence-corrected chi connectivity index (χ0v) is 17.3. The van der Waals surface area contributed by atoms with E-state index in [9.17, 15) is 14.4 Å². The summed E-state index contributed by atoms with van der Waals surface area (Å²) in [6, 6.07) is 4.57. The van der Waals surface area contributed by atoms with Gasteiger partial charge in [-0.2, -0.15) is 5.10 Å². The predicted molar refractivity (Wildman–Crippen MR) is 109 cm³/mol. The summed E-state index contributed by atoms with van der Waals surface area (Å²) >= 11 is 12.7. The predicted octanol–water partition coefficient (Wildman–Crippen LogP) is 2.83. The maximum atomic E-state index is 11.8. The average molecular weight is 438 g/mol. The number of anilines is 1. The lowest BCUT2D eigenvalue weighted by Gasteiger charge is -2.25. The van der Waals surface area contributed by atoms with E-state index in [4.69, 9.17) is 27.9 Å². The molecule has 11 heteroatoms. The highest BCUT2D eigenvalue weighted by Gasteiger charge is 2.25. The molecular formula is C18H17Cl2N5O4. The summed E-state index contributed by atoms with van der Waals surface area (Å²) in [6.45, 7) is 5.04. The number of amides is 1. The minimum absolute atomic E-state index is 0.0277. The molecule has 2 N–H and O–H groups in total. The summed E-state index contributed by atoms with van der Waals surface area (Å²) in [4.78, 5) is 35.1. The zero-order valence-electron chi connectivity index (χ0n) is 15.7. The van der Waals surface area contributed by atoms with Crippen LogP contribution >= 0.6 is 23.2 Å². The van der Waals surface area contributed by atoms with E-state index in [2.05, 4.69) is 20.6 Å². The lowest BCUT2D eigenvalue weighted by Crippen LogP contribution is -2.47. The molecule has 29 heavy (non-hydrogen) atoms. The highest BCUT2D eigenvalue weighted by atomic mass is 35.5. The van der Waals surface area contributed by atoms with Gasteiger partial charge in [0, 0.05) is 18.6 Å². The van der Waals surface area contributed by atoms with E-state index in [1.54, 1.807) is 0 Å². The molecular weight excluding hydrogens is 421 g/mol. The molecule has 0 saturated carbocycles. The van der Waals surface area contributed by atoms with Gasteiger partial charge in [-0.25, -0.2) is 10.1 Å². The van der Waals surface area contributed by atoms with Crippen molar-refractivity contribution in [3.05, 3.63) is 44.2 Å². The quantitative estimate of drug-likeness (QED) is 0.742. The Labute approximate surface area is 175 Å². The molecule has 0 spiro atoms. The summed E-state index contributed by atoms with van der Waals surface area (Å²) in [6.07, 6.45) is 0. The molecule has 0 radical (unpaired) electrons. The molecule has 0 atom stereocenters. The average Bonchev–Trinajstić information content (AvgIpc) is 2.65. The van der Waals surface area contributed by atoms with Crippen molar-refractivity contribution in [1.29, 1.82) is 0 Å². The van der Waals surface area contributed by atoms with E-state index in [0.29, 0.717) is 11.3 Å². The van der Waals surface area contributed by atoms with Crippen molar-refractivity contribution in [3.8, 4) is 11.6 Å². The largest absolute Gasteiger partial charge is 0.434 e. The van der Waals surface area contributed by atoms with Gasteiger partial charge in [-0.3, -0.25) is 14.4 Å². The van der Waals surface area contributed by atoms with Gasteiger partial charge in [0.15, 0.2) is 17.2 Å². The Morgan fingerprint density at radius 1 is 1.21 bits per heavy atom. The van der Waals surface area contributed by atoms with Crippen LogP contribution < -0.4 is 20.6 Å². The van der Waals surface area contributed by atoms with Crippen molar-refractivity contribution in [1.82, 2.24) is 15.5 Å². The monoisotopic (exact) mass is 437 g/mol. The summed E-state index contributed by atoms with van der Waals surface area (Å²) in [5, 5.41) is 14.5. The Morgan fingerprint density at radius 3 is 2.45 bits per heavy atom. The molecule has 1 amide bonds. The van der Waals surface area contributed by atoms with Gasteiger partial charge in [-0.15, -0.1) is 5.10 Å². The topological polar surface area (TPSA) is 117 Å². The summed E-state index contributed by atoms with van der Waals surface area (Å²) in [7, 11) is 0. The first-order valence-electron chi connectivity index (χ1n) is 8.59. The van der Waals surface area contributed by atoms with Crippen LogP contribution in [0.25, 0.3) is 0 Å². The molecule has 3 rings (SSSR count). The number of benzene rings is 1. The van der Waals surface area contributed by atoms with Gasteiger partial charge >= 0.3 is 0 Å². The first-order chi connectivity index (χ1) is 13.7. The summed E-state index contributed by atoms with van der Waals surface area (Å²) in [5.41, 5.74) is 0.436. The van der Waals surface area contributed by atoms with Gasteiger partial charge in [0.2, 0.25) is 5.88 Å². The Kier molecular flexibility index (Phi) is 5.90. The van der Waals surface area contributed by atoms with Gasteiger partial charge in [-0.1, -0.05) is 37.0 Å². The van der Waals surface area contributed by atoms with Gasteiger partial charge in [0.05, 0.1) is 15.7 Å². The third-order valence-electron chi connectivity index (χ3n) is 4.08. The number of Topliss-reactive ketones (excluding diaryl/α,β-unsaturated/α-hetero) is 1. The smallest absolute Gasteiger partial charge is 0.276 e. The number of nitrogens with zero attached hydrogens (tertiary/aromatic N) is 3. The molecule has 152 valence electrons. The van der Waals surface area contributed by atoms with Gasteiger partial charge in [-0.05, 0) is 18.1 Å². The third kappa shape index (κ3) is 4.41. The van der Waals surface area contributed by atoms with Gasteiger partial charge < -0.3 is 10.1 Å². The summed E-state index contributed by atoms with van der Waals surface area (Å²) < 4.78 is 5.68. The fourth-order valence-corrected chi connectivity index (χ4v) is 3.14. The normalized spacial score (nSPS) is 13.9. The molecule has 0 fully saturated rings. The van der Waals surface area contributed by atoms with Crippen molar-refractivity contribution >= 4 is 46.3 Å². The van der Waals surface area contributed by atoms with E-state index >= 15 is 0 Å². The number of hydrazone groups is 1. The van der Waals surface area contributed by atoms with Crippen molar-refractivity contribution in [2.24, 2.45) is 5.10 Å². The molecule has 0 unspecified atom stereocenters. The zero-order chi connectivity index (χ0) is 21.3. The number of aromatic nitrogens is 2. The van der Waals surface area contributed by atoms with Crippen LogP contribution in [0.5, 0.6) is 11.6 Å². The number of ketones is 1. The Bertz CT molecular complexity index is 1060. The third-order valence-corrected chi connectivity index (χ3v) is 4.64. The maximum absolute atomic E-state index is 11.8. The van der Waals surface area contributed by atoms with Crippen LogP contribution in [0, 0.1) is 0 Å². The second kappa shape index (κ2) is 8.22. The number of rotatable bonds is 5. The number of H-pyrrole nitrogens is 1. The van der Waals surface area contributed by atoms with Crippen molar-refractivity contribution in [2.75, 3.05) is 11.7 Å². The van der Waals surface area contributed by atoms with Crippen LogP contribution in [-0.4, -0.2) is 34.3 Å². The van der Waals surface area contributed by atoms with E-state index in [0.717, 1.165) is 0 Å². The lowest BCUT2D eigenvalue weighted by atomic mass is 10.1. The van der Waals surface area contributed by atoms with Crippen LogP contribution in [-0.2, 0) is 9.59 Å². The number of hydrogen-bond acceptors (Lipinski definition) is 7. The number of halogens is 2. The fraction of sp³-hybridized carbons (Fsp3) is 0.278. The molecule has 2 heterocycles. The van der Waals surface area contributed by atoms with Crippen molar-refractivity contribution in [3.63, 3.8) is 0 Å². The van der Waals surface area contributed by atoms with E-state index < -0.39 is 11.7 Å². The van der Waals surface area contributed by atoms with E-state index in [-0.39, 0.29) is 45.5 Å². The molecule has 1 aromatic carbocycles. The molecule has 1 aliphatic heterocycles. The highest BCUT2D eigenvalue weighted by Crippen LogP contribution is 2.39. The lowest BCUT2D eigenvalue weighted by molar-refractivity contribution is -0.117. The highest BCUT2D eigenvalue weighted by molar-refractivity contribution is 6.65. The minimum atomic E-state index is -0.545. The fourth-order valence-electron chi connectivity index (χ4n) is 2.59. The standard InChI is InChI=1S/C18H17Cl2N5O4/c1-8(2)11-6-14(22-23-17(11)27)29-16-12(19)4-10(5-13(16)20)25-7-21-18(28)15(24-25)9(3)26/h4-6,8H,7H2,1-3H3,(H,21,28)(H,23,27). The van der Waals surface area contributed by atoms with Crippen LogP contribution in [0.15, 0.2) is 28.1 Å². The molecule has 0 bridgehead atoms. The Morgan fingerprint density at radius 2 is 1.86 bits per heavy atom.